The molecule has 4 rings (SSSR count). The Morgan fingerprint density at radius 2 is 1.58 bits per heavy atom. The van der Waals surface area contributed by atoms with E-state index >= 15 is 0 Å². The summed E-state index contributed by atoms with van der Waals surface area (Å²) in [7, 11) is 3.13. The maximum Gasteiger partial charge on any atom is 0.323 e. The average Bonchev–Trinajstić information content (AvgIpc) is 2.91. The molecule has 0 spiro atoms. The summed E-state index contributed by atoms with van der Waals surface area (Å²) in [6, 6.07) is 13.1. The largest absolute Gasteiger partial charge is 0.497 e. The summed E-state index contributed by atoms with van der Waals surface area (Å²) in [5.74, 6) is 2.09. The first-order valence-corrected chi connectivity index (χ1v) is 13.5. The Morgan fingerprint density at radius 1 is 0.917 bits per heavy atom. The van der Waals surface area contributed by atoms with Crippen LogP contribution in [0.5, 0.6) is 11.5 Å². The number of benzene rings is 2. The smallest absolute Gasteiger partial charge is 0.323 e. The maximum atomic E-state index is 12.6. The lowest BCUT2D eigenvalue weighted by atomic mass is 9.93. The molecular formula is C28H36Cl2N2O4. The molecule has 2 aliphatic heterocycles. The van der Waals surface area contributed by atoms with Crippen LogP contribution in [0.3, 0.4) is 0 Å². The Labute approximate surface area is 224 Å². The zero-order valence-corrected chi connectivity index (χ0v) is 22.6. The van der Waals surface area contributed by atoms with Crippen LogP contribution >= 0.6 is 23.2 Å². The molecule has 1 unspecified atom stereocenters. The first-order chi connectivity index (χ1) is 17.4. The maximum absolute atomic E-state index is 12.6. The molecule has 0 aromatic heterocycles. The number of piperidine rings is 2. The molecule has 0 aliphatic carbocycles. The fraction of sp³-hybridized carbons (Fsp3) is 0.536. The molecule has 0 saturated carbocycles. The highest BCUT2D eigenvalue weighted by Crippen LogP contribution is 2.29. The second-order valence-corrected chi connectivity index (χ2v) is 10.6. The van der Waals surface area contributed by atoms with Crippen LogP contribution in [0.15, 0.2) is 42.5 Å². The van der Waals surface area contributed by atoms with Gasteiger partial charge in [-0.2, -0.15) is 0 Å². The number of methoxy groups -OCH3 is 2. The number of ether oxygens (including phenoxy) is 3. The Hall–Kier alpha value is -1.99. The van der Waals surface area contributed by atoms with Crippen molar-refractivity contribution in [3.8, 4) is 11.5 Å². The zero-order valence-electron chi connectivity index (χ0n) is 21.1. The van der Waals surface area contributed by atoms with E-state index in [4.69, 9.17) is 37.4 Å². The summed E-state index contributed by atoms with van der Waals surface area (Å²) >= 11 is 12.1. The van der Waals surface area contributed by atoms with Gasteiger partial charge in [0.2, 0.25) is 0 Å². The second kappa shape index (κ2) is 13.0. The van der Waals surface area contributed by atoms with E-state index in [2.05, 4.69) is 9.80 Å². The van der Waals surface area contributed by atoms with Crippen LogP contribution in [0.4, 0.5) is 0 Å². The fourth-order valence-electron chi connectivity index (χ4n) is 5.25. The molecule has 2 fully saturated rings. The Kier molecular flexibility index (Phi) is 9.77. The molecule has 0 bridgehead atoms. The molecule has 2 saturated heterocycles. The van der Waals surface area contributed by atoms with Crippen LogP contribution in [0.1, 0.15) is 31.2 Å². The highest BCUT2D eigenvalue weighted by Gasteiger charge is 2.32. The van der Waals surface area contributed by atoms with Crippen molar-refractivity contribution in [3.63, 3.8) is 0 Å². The van der Waals surface area contributed by atoms with E-state index in [-0.39, 0.29) is 18.1 Å². The van der Waals surface area contributed by atoms with Crippen LogP contribution in [0, 0.1) is 5.92 Å². The number of rotatable bonds is 9. The van der Waals surface area contributed by atoms with E-state index in [0.717, 1.165) is 75.5 Å². The van der Waals surface area contributed by atoms with Crippen molar-refractivity contribution < 1.29 is 19.0 Å². The number of esters is 1. The van der Waals surface area contributed by atoms with Crippen LogP contribution in [0.25, 0.3) is 0 Å². The second-order valence-electron chi connectivity index (χ2n) is 9.76. The number of nitrogens with zero attached hydrogens (tertiary/aromatic N) is 2. The van der Waals surface area contributed by atoms with Crippen LogP contribution < -0.4 is 9.47 Å². The molecule has 0 radical (unpaired) electrons. The van der Waals surface area contributed by atoms with Gasteiger partial charge >= 0.3 is 5.97 Å². The van der Waals surface area contributed by atoms with Gasteiger partial charge in [0.25, 0.3) is 0 Å². The van der Waals surface area contributed by atoms with E-state index in [9.17, 15) is 4.79 Å². The summed E-state index contributed by atoms with van der Waals surface area (Å²) in [4.78, 5) is 17.5. The molecule has 2 heterocycles. The van der Waals surface area contributed by atoms with Gasteiger partial charge in [0.05, 0.1) is 24.3 Å². The molecule has 2 aliphatic rings. The molecule has 1 atom stereocenters. The molecular weight excluding hydrogens is 499 g/mol. The van der Waals surface area contributed by atoms with Crippen LogP contribution in [-0.2, 0) is 16.0 Å². The average molecular weight is 536 g/mol. The van der Waals surface area contributed by atoms with Gasteiger partial charge in [-0.15, -0.1) is 0 Å². The van der Waals surface area contributed by atoms with Crippen LogP contribution in [-0.4, -0.2) is 74.9 Å². The van der Waals surface area contributed by atoms with Crippen LogP contribution in [0.2, 0.25) is 10.0 Å². The van der Waals surface area contributed by atoms with Crippen molar-refractivity contribution in [2.75, 3.05) is 46.9 Å². The molecule has 2 aromatic rings. The van der Waals surface area contributed by atoms with Gasteiger partial charge < -0.3 is 19.1 Å². The lowest BCUT2D eigenvalue weighted by Gasteiger charge is -2.39. The number of carbonyl (C=O) groups excluding carboxylic acids is 1. The van der Waals surface area contributed by atoms with E-state index in [1.807, 2.05) is 30.3 Å². The minimum absolute atomic E-state index is 0.159. The first kappa shape index (κ1) is 27.1. The number of halogens is 2. The van der Waals surface area contributed by atoms with E-state index < -0.39 is 0 Å². The standard InChI is InChI=1S/C28H36Cl2N2O4/c1-34-22-5-3-20(4-6-22)17-27(28(33)35-2)32-15-9-21(10-16-32)19-31-13-11-23(12-14-31)36-24-7-8-25(29)26(30)18-24/h3-8,18,21,23,27H,9-17,19H2,1-2H3. The van der Waals surface area contributed by atoms with Crippen molar-refractivity contribution >= 4 is 29.2 Å². The molecule has 6 nitrogen and oxygen atoms in total. The van der Waals surface area contributed by atoms with E-state index in [0.29, 0.717) is 22.4 Å². The molecule has 8 heteroatoms. The molecule has 0 amide bonds. The SMILES string of the molecule is COC(=O)C(Cc1ccc(OC)cc1)N1CCC(CN2CCC(Oc3ccc(Cl)c(Cl)c3)CC2)CC1. The summed E-state index contributed by atoms with van der Waals surface area (Å²) in [6.07, 6.45) is 5.05. The minimum atomic E-state index is -0.251. The Morgan fingerprint density at radius 3 is 2.19 bits per heavy atom. The lowest BCUT2D eigenvalue weighted by molar-refractivity contribution is -0.147. The summed E-state index contributed by atoms with van der Waals surface area (Å²) in [5.41, 5.74) is 1.11. The summed E-state index contributed by atoms with van der Waals surface area (Å²) in [6.45, 7) is 5.01. The number of likely N-dealkylation sites (tertiary alicyclic amines) is 2. The molecule has 196 valence electrons. The summed E-state index contributed by atoms with van der Waals surface area (Å²) in [5, 5.41) is 1.07. The van der Waals surface area contributed by atoms with Gasteiger partial charge in [-0.3, -0.25) is 9.69 Å². The predicted molar refractivity (Wildman–Crippen MR) is 143 cm³/mol. The zero-order chi connectivity index (χ0) is 25.5. The number of hydrogen-bond donors (Lipinski definition) is 0. The van der Waals surface area contributed by atoms with E-state index in [1.54, 1.807) is 19.2 Å². The van der Waals surface area contributed by atoms with Gasteiger partial charge in [0, 0.05) is 25.7 Å². The first-order valence-electron chi connectivity index (χ1n) is 12.7. The Bertz CT molecular complexity index is 988. The van der Waals surface area contributed by atoms with Gasteiger partial charge in [-0.05, 0) is 80.9 Å². The molecule has 36 heavy (non-hydrogen) atoms. The van der Waals surface area contributed by atoms with Crippen molar-refractivity contribution in [2.24, 2.45) is 5.92 Å². The molecule has 2 aromatic carbocycles. The van der Waals surface area contributed by atoms with Crippen molar-refractivity contribution in [1.82, 2.24) is 9.80 Å². The fourth-order valence-corrected chi connectivity index (χ4v) is 5.54. The normalized spacial score (nSPS) is 19.1. The summed E-state index contributed by atoms with van der Waals surface area (Å²) < 4.78 is 16.5. The van der Waals surface area contributed by atoms with E-state index in [1.165, 1.54) is 7.11 Å². The predicted octanol–water partition coefficient (Wildman–Crippen LogP) is 5.34. The third-order valence-electron chi connectivity index (χ3n) is 7.40. The van der Waals surface area contributed by atoms with Crippen molar-refractivity contribution in [2.45, 2.75) is 44.2 Å². The third-order valence-corrected chi connectivity index (χ3v) is 8.14. The number of carbonyl (C=O) groups is 1. The van der Waals surface area contributed by atoms with Gasteiger partial charge in [0.1, 0.15) is 23.6 Å². The molecule has 0 N–H and O–H groups in total. The van der Waals surface area contributed by atoms with Gasteiger partial charge in [-0.25, -0.2) is 0 Å². The minimum Gasteiger partial charge on any atom is -0.497 e. The highest BCUT2D eigenvalue weighted by molar-refractivity contribution is 6.42. The van der Waals surface area contributed by atoms with Crippen molar-refractivity contribution in [3.05, 3.63) is 58.1 Å². The monoisotopic (exact) mass is 534 g/mol. The van der Waals surface area contributed by atoms with Gasteiger partial charge in [0.15, 0.2) is 0 Å². The highest BCUT2D eigenvalue weighted by atomic mass is 35.5. The number of hydrogen-bond acceptors (Lipinski definition) is 6. The topological polar surface area (TPSA) is 51.2 Å². The quantitative estimate of drug-likeness (QED) is 0.404. The van der Waals surface area contributed by atoms with Gasteiger partial charge in [-0.1, -0.05) is 35.3 Å². The Balaban J connectivity index is 1.22. The lowest BCUT2D eigenvalue weighted by Crippen LogP contribution is -2.49. The third kappa shape index (κ3) is 7.28. The van der Waals surface area contributed by atoms with Crippen molar-refractivity contribution in [1.29, 1.82) is 0 Å².